The Balaban J connectivity index is 2.27. The van der Waals surface area contributed by atoms with E-state index < -0.39 is 0 Å². The van der Waals surface area contributed by atoms with Crippen molar-refractivity contribution >= 4 is 22.6 Å². The third-order valence-electron chi connectivity index (χ3n) is 1.95. The minimum absolute atomic E-state index is 0.140. The second-order valence-electron chi connectivity index (χ2n) is 3.17. The van der Waals surface area contributed by atoms with Crippen molar-refractivity contribution in [2.75, 3.05) is 0 Å². The van der Waals surface area contributed by atoms with Crippen LogP contribution in [0.15, 0.2) is 30.6 Å². The zero-order valence-corrected chi connectivity index (χ0v) is 10.6. The van der Waals surface area contributed by atoms with Crippen molar-refractivity contribution in [1.82, 2.24) is 9.97 Å². The van der Waals surface area contributed by atoms with Gasteiger partial charge in [-0.1, -0.05) is 12.1 Å². The van der Waals surface area contributed by atoms with Crippen molar-refractivity contribution < 1.29 is 9.13 Å². The standard InChI is InChI=1S/C11H8FIN2O/c1-7-3-2-4-9(10(7)12)16-11-14-5-8(13)6-15-11/h2-6H,1H3. The van der Waals surface area contributed by atoms with Crippen LogP contribution >= 0.6 is 22.6 Å². The Bertz CT molecular complexity index is 502. The summed E-state index contributed by atoms with van der Waals surface area (Å²) in [6.07, 6.45) is 3.22. The molecule has 0 aliphatic heterocycles. The van der Waals surface area contributed by atoms with Crippen molar-refractivity contribution in [3.63, 3.8) is 0 Å². The lowest BCUT2D eigenvalue weighted by Crippen LogP contribution is -1.95. The van der Waals surface area contributed by atoms with Crippen LogP contribution in [0.1, 0.15) is 5.56 Å². The Morgan fingerprint density at radius 2 is 1.94 bits per heavy atom. The molecular formula is C11H8FIN2O. The molecule has 0 bridgehead atoms. The molecule has 0 saturated heterocycles. The third-order valence-corrected chi connectivity index (χ3v) is 2.51. The normalized spacial score (nSPS) is 10.2. The van der Waals surface area contributed by atoms with Gasteiger partial charge in [0.1, 0.15) is 0 Å². The average molecular weight is 330 g/mol. The summed E-state index contributed by atoms with van der Waals surface area (Å²) in [5.41, 5.74) is 0.531. The van der Waals surface area contributed by atoms with Crippen molar-refractivity contribution in [2.45, 2.75) is 6.92 Å². The first-order valence-corrected chi connectivity index (χ1v) is 5.65. The molecule has 0 saturated carbocycles. The van der Waals surface area contributed by atoms with Crippen molar-refractivity contribution in [2.24, 2.45) is 0 Å². The van der Waals surface area contributed by atoms with E-state index in [9.17, 15) is 4.39 Å². The Morgan fingerprint density at radius 3 is 2.62 bits per heavy atom. The van der Waals surface area contributed by atoms with E-state index in [1.165, 1.54) is 0 Å². The van der Waals surface area contributed by atoms with Crippen LogP contribution in [0, 0.1) is 16.3 Å². The first-order chi connectivity index (χ1) is 7.66. The predicted octanol–water partition coefficient (Wildman–Crippen LogP) is 3.32. The van der Waals surface area contributed by atoms with E-state index in [1.54, 1.807) is 37.5 Å². The van der Waals surface area contributed by atoms with E-state index in [4.69, 9.17) is 4.74 Å². The highest BCUT2D eigenvalue weighted by atomic mass is 127. The highest BCUT2D eigenvalue weighted by Crippen LogP contribution is 2.23. The van der Waals surface area contributed by atoms with E-state index in [0.717, 1.165) is 3.57 Å². The van der Waals surface area contributed by atoms with Gasteiger partial charge in [0.15, 0.2) is 11.6 Å². The van der Waals surface area contributed by atoms with Gasteiger partial charge in [-0.15, -0.1) is 0 Å². The van der Waals surface area contributed by atoms with Gasteiger partial charge in [0.2, 0.25) is 0 Å². The maximum Gasteiger partial charge on any atom is 0.322 e. The molecule has 0 aliphatic carbocycles. The molecule has 0 aliphatic rings. The summed E-state index contributed by atoms with van der Waals surface area (Å²) in [5, 5.41) is 0. The maximum absolute atomic E-state index is 13.6. The Labute approximate surface area is 106 Å². The lowest BCUT2D eigenvalue weighted by Gasteiger charge is -2.05. The second-order valence-corrected chi connectivity index (χ2v) is 4.42. The highest BCUT2D eigenvalue weighted by Gasteiger charge is 2.08. The molecule has 0 radical (unpaired) electrons. The van der Waals surface area contributed by atoms with Crippen LogP contribution in [-0.4, -0.2) is 9.97 Å². The van der Waals surface area contributed by atoms with E-state index >= 15 is 0 Å². The minimum Gasteiger partial charge on any atom is -0.421 e. The number of ether oxygens (including phenoxy) is 1. The number of aryl methyl sites for hydroxylation is 1. The zero-order valence-electron chi connectivity index (χ0n) is 8.45. The van der Waals surface area contributed by atoms with E-state index in [0.29, 0.717) is 5.56 Å². The quantitative estimate of drug-likeness (QED) is 0.793. The predicted molar refractivity (Wildman–Crippen MR) is 66.0 cm³/mol. The van der Waals surface area contributed by atoms with Crippen LogP contribution in [0.5, 0.6) is 11.8 Å². The van der Waals surface area contributed by atoms with Crippen LogP contribution in [-0.2, 0) is 0 Å². The monoisotopic (exact) mass is 330 g/mol. The van der Waals surface area contributed by atoms with Gasteiger partial charge in [-0.25, -0.2) is 14.4 Å². The zero-order chi connectivity index (χ0) is 11.5. The molecule has 0 N–H and O–H groups in total. The Morgan fingerprint density at radius 1 is 1.25 bits per heavy atom. The molecule has 1 aromatic heterocycles. The number of benzene rings is 1. The van der Waals surface area contributed by atoms with Crippen molar-refractivity contribution in [3.05, 3.63) is 45.5 Å². The molecule has 1 heterocycles. The number of rotatable bonds is 2. The fourth-order valence-electron chi connectivity index (χ4n) is 1.15. The minimum atomic E-state index is -0.385. The van der Waals surface area contributed by atoms with Gasteiger partial charge >= 0.3 is 6.01 Å². The average Bonchev–Trinajstić information content (AvgIpc) is 2.28. The summed E-state index contributed by atoms with van der Waals surface area (Å²) in [4.78, 5) is 7.87. The topological polar surface area (TPSA) is 35.0 Å². The first kappa shape index (κ1) is 11.3. The van der Waals surface area contributed by atoms with Crippen LogP contribution < -0.4 is 4.74 Å². The van der Waals surface area contributed by atoms with Gasteiger partial charge in [0.25, 0.3) is 0 Å². The van der Waals surface area contributed by atoms with Gasteiger partial charge < -0.3 is 4.74 Å². The molecule has 0 atom stereocenters. The van der Waals surface area contributed by atoms with Gasteiger partial charge in [-0.2, -0.15) is 0 Å². The largest absolute Gasteiger partial charge is 0.421 e. The highest BCUT2D eigenvalue weighted by molar-refractivity contribution is 14.1. The summed E-state index contributed by atoms with van der Waals surface area (Å²) >= 11 is 2.08. The first-order valence-electron chi connectivity index (χ1n) is 4.57. The molecule has 16 heavy (non-hydrogen) atoms. The Hall–Kier alpha value is -1.24. The lowest BCUT2D eigenvalue weighted by molar-refractivity contribution is 0.409. The third kappa shape index (κ3) is 2.46. The number of hydrogen-bond donors (Lipinski definition) is 0. The maximum atomic E-state index is 13.6. The molecule has 0 fully saturated rings. The molecule has 2 aromatic rings. The summed E-state index contributed by atoms with van der Waals surface area (Å²) < 4.78 is 19.7. The number of nitrogens with zero attached hydrogens (tertiary/aromatic N) is 2. The van der Waals surface area contributed by atoms with Crippen molar-refractivity contribution in [1.29, 1.82) is 0 Å². The molecule has 1 aromatic carbocycles. The van der Waals surface area contributed by atoms with Crippen LogP contribution in [0.3, 0.4) is 0 Å². The van der Waals surface area contributed by atoms with E-state index in [1.807, 2.05) is 0 Å². The molecule has 0 unspecified atom stereocenters. The molecule has 5 heteroatoms. The van der Waals surface area contributed by atoms with Gasteiger partial charge in [-0.3, -0.25) is 0 Å². The summed E-state index contributed by atoms with van der Waals surface area (Å²) in [5.74, 6) is -0.245. The van der Waals surface area contributed by atoms with Crippen LogP contribution in [0.25, 0.3) is 0 Å². The smallest absolute Gasteiger partial charge is 0.322 e. The molecule has 2 rings (SSSR count). The van der Waals surface area contributed by atoms with Crippen LogP contribution in [0.2, 0.25) is 0 Å². The van der Waals surface area contributed by atoms with E-state index in [2.05, 4.69) is 32.6 Å². The van der Waals surface area contributed by atoms with Gasteiger partial charge in [0, 0.05) is 16.0 Å². The summed E-state index contributed by atoms with van der Waals surface area (Å²) in [6.45, 7) is 1.68. The molecular weight excluding hydrogens is 322 g/mol. The molecule has 0 spiro atoms. The fraction of sp³-hybridized carbons (Fsp3) is 0.0909. The summed E-state index contributed by atoms with van der Waals surface area (Å²) in [6, 6.07) is 5.09. The Kier molecular flexibility index (Phi) is 3.33. The number of hydrogen-bond acceptors (Lipinski definition) is 3. The second kappa shape index (κ2) is 4.73. The number of aromatic nitrogens is 2. The summed E-state index contributed by atoms with van der Waals surface area (Å²) in [7, 11) is 0. The lowest BCUT2D eigenvalue weighted by atomic mass is 10.2. The molecule has 82 valence electrons. The van der Waals surface area contributed by atoms with Crippen molar-refractivity contribution in [3.8, 4) is 11.8 Å². The SMILES string of the molecule is Cc1cccc(Oc2ncc(I)cn2)c1F. The fourth-order valence-corrected chi connectivity index (χ4v) is 1.43. The number of halogens is 2. The van der Waals surface area contributed by atoms with Gasteiger partial charge in [-0.05, 0) is 41.1 Å². The van der Waals surface area contributed by atoms with Gasteiger partial charge in [0.05, 0.1) is 0 Å². The van der Waals surface area contributed by atoms with E-state index in [-0.39, 0.29) is 17.6 Å². The van der Waals surface area contributed by atoms with Crippen LogP contribution in [0.4, 0.5) is 4.39 Å². The molecule has 3 nitrogen and oxygen atoms in total. The molecule has 0 amide bonds.